The molecule has 0 bridgehead atoms. The Hall–Kier alpha value is -3.58. The summed E-state index contributed by atoms with van der Waals surface area (Å²) in [5.74, 6) is 0.582. The van der Waals surface area contributed by atoms with E-state index in [-0.39, 0.29) is 17.9 Å². The van der Waals surface area contributed by atoms with Crippen molar-refractivity contribution in [2.75, 3.05) is 38.2 Å². The SMILES string of the molecule is COc1cc(/C=C/C(=O)CC(=O)/C=C/c2ccc(OC(=O)[C@@H](N)CCSC)c(OC)c2)ccc1OC(=O)[C@@H](N)CCSC. The molecule has 0 aliphatic heterocycles. The molecule has 232 valence electrons. The van der Waals surface area contributed by atoms with Gasteiger partial charge in [0.2, 0.25) is 0 Å². The maximum absolute atomic E-state index is 12.4. The first-order valence-electron chi connectivity index (χ1n) is 13.3. The molecule has 0 aliphatic rings. The number of nitrogens with two attached hydrogens (primary N) is 2. The molecule has 0 spiro atoms. The maximum Gasteiger partial charge on any atom is 0.328 e. The average Bonchev–Trinajstić information content (AvgIpc) is 3.01. The molecule has 43 heavy (non-hydrogen) atoms. The van der Waals surface area contributed by atoms with Gasteiger partial charge < -0.3 is 30.4 Å². The molecule has 2 aromatic carbocycles. The lowest BCUT2D eigenvalue weighted by Gasteiger charge is -2.13. The van der Waals surface area contributed by atoms with Crippen LogP contribution < -0.4 is 30.4 Å². The van der Waals surface area contributed by atoms with E-state index >= 15 is 0 Å². The third kappa shape index (κ3) is 12.3. The summed E-state index contributed by atoms with van der Waals surface area (Å²) in [5, 5.41) is 0. The van der Waals surface area contributed by atoms with Gasteiger partial charge in [0, 0.05) is 0 Å². The van der Waals surface area contributed by atoms with Gasteiger partial charge in [-0.2, -0.15) is 23.5 Å². The van der Waals surface area contributed by atoms with Gasteiger partial charge >= 0.3 is 11.9 Å². The summed E-state index contributed by atoms with van der Waals surface area (Å²) >= 11 is 3.17. The fraction of sp³-hybridized carbons (Fsp3) is 0.355. The summed E-state index contributed by atoms with van der Waals surface area (Å²) in [5.41, 5.74) is 13.0. The molecule has 2 rings (SSSR count). The fourth-order valence-electron chi connectivity index (χ4n) is 3.51. The number of benzene rings is 2. The number of esters is 2. The van der Waals surface area contributed by atoms with Gasteiger partial charge in [-0.25, -0.2) is 9.59 Å². The summed E-state index contributed by atoms with van der Waals surface area (Å²) in [6.45, 7) is 0. The molecule has 0 amide bonds. The number of ether oxygens (including phenoxy) is 4. The van der Waals surface area contributed by atoms with E-state index < -0.39 is 35.6 Å². The zero-order valence-corrected chi connectivity index (χ0v) is 26.3. The van der Waals surface area contributed by atoms with Gasteiger partial charge in [0.1, 0.15) is 12.1 Å². The van der Waals surface area contributed by atoms with Crippen molar-refractivity contribution in [2.45, 2.75) is 31.3 Å². The zero-order chi connectivity index (χ0) is 31.8. The van der Waals surface area contributed by atoms with Gasteiger partial charge in [0.15, 0.2) is 34.6 Å². The molecule has 0 saturated heterocycles. The van der Waals surface area contributed by atoms with Gasteiger partial charge in [-0.1, -0.05) is 24.3 Å². The lowest BCUT2D eigenvalue weighted by atomic mass is 10.1. The first-order chi connectivity index (χ1) is 20.6. The van der Waals surface area contributed by atoms with Gasteiger partial charge in [0.05, 0.1) is 20.6 Å². The Labute approximate surface area is 260 Å². The molecule has 12 heteroatoms. The van der Waals surface area contributed by atoms with Crippen LogP contribution in [0.3, 0.4) is 0 Å². The summed E-state index contributed by atoms with van der Waals surface area (Å²) in [6, 6.07) is 8.12. The van der Waals surface area contributed by atoms with Crippen molar-refractivity contribution >= 4 is 59.2 Å². The molecule has 0 radical (unpaired) electrons. The Morgan fingerprint density at radius 2 is 1.09 bits per heavy atom. The summed E-state index contributed by atoms with van der Waals surface area (Å²) in [6.07, 6.45) is 10.2. The van der Waals surface area contributed by atoms with E-state index in [2.05, 4.69) is 0 Å². The topological polar surface area (TPSA) is 157 Å². The molecule has 0 aliphatic carbocycles. The van der Waals surface area contributed by atoms with Crippen LogP contribution >= 0.6 is 23.5 Å². The Morgan fingerprint density at radius 1 is 0.698 bits per heavy atom. The van der Waals surface area contributed by atoms with Crippen molar-refractivity contribution < 1.29 is 38.1 Å². The quantitative estimate of drug-likeness (QED) is 0.106. The third-order valence-corrected chi connectivity index (χ3v) is 7.23. The van der Waals surface area contributed by atoms with Crippen molar-refractivity contribution in [3.8, 4) is 23.0 Å². The number of thioether (sulfide) groups is 2. The Morgan fingerprint density at radius 3 is 1.44 bits per heavy atom. The van der Waals surface area contributed by atoms with Gasteiger partial charge in [-0.3, -0.25) is 9.59 Å². The van der Waals surface area contributed by atoms with Crippen LogP contribution in [0.25, 0.3) is 12.2 Å². The Kier molecular flexibility index (Phi) is 15.6. The maximum atomic E-state index is 12.4. The van der Waals surface area contributed by atoms with Crippen molar-refractivity contribution in [1.29, 1.82) is 0 Å². The minimum absolute atomic E-state index is 0.216. The van der Waals surface area contributed by atoms with Crippen LogP contribution in [0.1, 0.15) is 30.4 Å². The minimum atomic E-state index is -0.744. The van der Waals surface area contributed by atoms with E-state index in [1.807, 2.05) is 12.5 Å². The summed E-state index contributed by atoms with van der Waals surface area (Å²) < 4.78 is 21.4. The molecule has 2 atom stereocenters. The highest BCUT2D eigenvalue weighted by atomic mass is 32.2. The molecular weight excluding hydrogens is 592 g/mol. The highest BCUT2D eigenvalue weighted by molar-refractivity contribution is 7.98. The molecule has 2 aromatic rings. The van der Waals surface area contributed by atoms with Gasteiger partial charge in [-0.05, 0) is 84.4 Å². The molecule has 0 aromatic heterocycles. The molecular formula is C31H38N2O8S2. The zero-order valence-electron chi connectivity index (χ0n) is 24.7. The van der Waals surface area contributed by atoms with Crippen LogP contribution in [-0.2, 0) is 19.2 Å². The fourth-order valence-corrected chi connectivity index (χ4v) is 4.48. The van der Waals surface area contributed by atoms with E-state index in [1.54, 1.807) is 59.9 Å². The molecule has 10 nitrogen and oxygen atoms in total. The molecule has 0 fully saturated rings. The molecule has 0 heterocycles. The standard InChI is InChI=1S/C31H38N2O8S2/c1-38-28-17-20(7-11-26(28)40-30(36)24(32)13-15-42-3)5-9-22(34)19-23(35)10-6-21-8-12-27(29(18-21)39-2)41-31(37)25(33)14-16-43-4/h5-12,17-18,24-25H,13-16,19,32-33H2,1-4H3/b9-5+,10-6+/t24-,25-/m0/s1. The van der Waals surface area contributed by atoms with E-state index in [0.717, 1.165) is 11.5 Å². The van der Waals surface area contributed by atoms with Crippen LogP contribution in [-0.4, -0.2) is 73.8 Å². The minimum Gasteiger partial charge on any atom is -0.493 e. The van der Waals surface area contributed by atoms with Crippen molar-refractivity contribution in [1.82, 2.24) is 0 Å². The predicted molar refractivity (Wildman–Crippen MR) is 172 cm³/mol. The number of methoxy groups -OCH3 is 2. The normalized spacial score (nSPS) is 12.6. The largest absolute Gasteiger partial charge is 0.493 e. The van der Waals surface area contributed by atoms with Crippen LogP contribution in [0.5, 0.6) is 23.0 Å². The number of carbonyl (C=O) groups is 4. The first kappa shape index (κ1) is 35.6. The second kappa shape index (κ2) is 18.9. The lowest BCUT2D eigenvalue weighted by Crippen LogP contribution is -2.34. The van der Waals surface area contributed by atoms with Crippen molar-refractivity contribution in [2.24, 2.45) is 11.5 Å². The highest BCUT2D eigenvalue weighted by Crippen LogP contribution is 2.30. The number of hydrogen-bond acceptors (Lipinski definition) is 12. The van der Waals surface area contributed by atoms with Crippen LogP contribution in [0.15, 0.2) is 48.6 Å². The summed E-state index contributed by atoms with van der Waals surface area (Å²) in [4.78, 5) is 49.3. The number of carbonyl (C=O) groups excluding carboxylic acids is 4. The van der Waals surface area contributed by atoms with E-state index in [1.165, 1.54) is 38.5 Å². The van der Waals surface area contributed by atoms with E-state index in [0.29, 0.717) is 35.5 Å². The predicted octanol–water partition coefficient (Wildman–Crippen LogP) is 3.93. The molecule has 0 saturated carbocycles. The van der Waals surface area contributed by atoms with Crippen LogP contribution in [0.4, 0.5) is 0 Å². The lowest BCUT2D eigenvalue weighted by molar-refractivity contribution is -0.136. The average molecular weight is 631 g/mol. The highest BCUT2D eigenvalue weighted by Gasteiger charge is 2.19. The molecule has 0 unspecified atom stereocenters. The second-order valence-corrected chi connectivity index (χ2v) is 11.2. The van der Waals surface area contributed by atoms with Crippen LogP contribution in [0, 0.1) is 0 Å². The Bertz CT molecular complexity index is 1230. The third-order valence-electron chi connectivity index (χ3n) is 5.94. The molecule has 4 N–H and O–H groups in total. The van der Waals surface area contributed by atoms with Crippen molar-refractivity contribution in [3.63, 3.8) is 0 Å². The number of ketones is 2. The Balaban J connectivity index is 1.97. The number of hydrogen-bond donors (Lipinski definition) is 2. The van der Waals surface area contributed by atoms with Gasteiger partial charge in [-0.15, -0.1) is 0 Å². The monoisotopic (exact) mass is 630 g/mol. The number of allylic oxidation sites excluding steroid dienone is 2. The van der Waals surface area contributed by atoms with E-state index in [9.17, 15) is 19.2 Å². The second-order valence-electron chi connectivity index (χ2n) is 9.21. The smallest absolute Gasteiger partial charge is 0.328 e. The first-order valence-corrected chi connectivity index (χ1v) is 16.1. The van der Waals surface area contributed by atoms with Crippen LogP contribution in [0.2, 0.25) is 0 Å². The van der Waals surface area contributed by atoms with E-state index in [4.69, 9.17) is 30.4 Å². The van der Waals surface area contributed by atoms with Gasteiger partial charge in [0.25, 0.3) is 0 Å². The summed E-state index contributed by atoms with van der Waals surface area (Å²) in [7, 11) is 2.87. The number of rotatable bonds is 18. The van der Waals surface area contributed by atoms with Crippen molar-refractivity contribution in [3.05, 3.63) is 59.7 Å².